The maximum Gasteiger partial charge on any atom is 0.221 e. The molecule has 60 valence electrons. The van der Waals surface area contributed by atoms with Crippen LogP contribution in [0.1, 0.15) is 6.42 Å². The van der Waals surface area contributed by atoms with Crippen LogP contribution in [0.15, 0.2) is 0 Å². The number of rotatable bonds is 5. The van der Waals surface area contributed by atoms with Gasteiger partial charge in [-0.05, 0) is 0 Å². The molecule has 1 amide bonds. The lowest BCUT2D eigenvalue weighted by atomic mass is 10.4. The zero-order valence-electron chi connectivity index (χ0n) is 6.18. The number of nitrogens with one attached hydrogen (secondary N) is 2. The third kappa shape index (κ3) is 5.91. The summed E-state index contributed by atoms with van der Waals surface area (Å²) in [7, 11) is 1.64. The van der Waals surface area contributed by atoms with Crippen LogP contribution < -0.4 is 10.6 Å². The van der Waals surface area contributed by atoms with Gasteiger partial charge in [-0.3, -0.25) is 4.79 Å². The lowest BCUT2D eigenvalue weighted by molar-refractivity contribution is -0.120. The van der Waals surface area contributed by atoms with Crippen molar-refractivity contribution in [1.82, 2.24) is 10.6 Å². The highest BCUT2D eigenvalue weighted by molar-refractivity contribution is 7.80. The number of hydrogen-bond donors (Lipinski definition) is 3. The van der Waals surface area contributed by atoms with Gasteiger partial charge >= 0.3 is 0 Å². The fourth-order valence-corrected chi connectivity index (χ4v) is 0.689. The molecule has 0 heterocycles. The second kappa shape index (κ2) is 6.89. The average molecular weight is 162 g/mol. The Morgan fingerprint density at radius 2 is 2.20 bits per heavy atom. The van der Waals surface area contributed by atoms with Gasteiger partial charge in [0.15, 0.2) is 0 Å². The highest BCUT2D eigenvalue weighted by atomic mass is 32.1. The van der Waals surface area contributed by atoms with Crippen molar-refractivity contribution in [3.63, 3.8) is 0 Å². The molecule has 0 aliphatic carbocycles. The molecule has 0 aliphatic heterocycles. The van der Waals surface area contributed by atoms with Crippen LogP contribution in [0.25, 0.3) is 0 Å². The highest BCUT2D eigenvalue weighted by Crippen LogP contribution is 1.75. The number of amides is 1. The van der Waals surface area contributed by atoms with Gasteiger partial charge in [0.25, 0.3) is 0 Å². The van der Waals surface area contributed by atoms with Crippen LogP contribution in [-0.4, -0.2) is 31.8 Å². The summed E-state index contributed by atoms with van der Waals surface area (Å²) in [6, 6.07) is 0. The Kier molecular flexibility index (Phi) is 6.74. The highest BCUT2D eigenvalue weighted by Gasteiger charge is 1.94. The van der Waals surface area contributed by atoms with Crippen molar-refractivity contribution >= 4 is 18.5 Å². The van der Waals surface area contributed by atoms with E-state index in [0.717, 1.165) is 18.8 Å². The molecule has 0 spiro atoms. The minimum Gasteiger partial charge on any atom is -0.359 e. The maximum absolute atomic E-state index is 10.6. The smallest absolute Gasteiger partial charge is 0.221 e. The summed E-state index contributed by atoms with van der Waals surface area (Å²) in [5, 5.41) is 5.61. The van der Waals surface area contributed by atoms with Crippen molar-refractivity contribution in [2.45, 2.75) is 6.42 Å². The molecule has 0 fully saturated rings. The van der Waals surface area contributed by atoms with Crippen LogP contribution in [0.3, 0.4) is 0 Å². The number of carbonyl (C=O) groups is 1. The molecule has 0 unspecified atom stereocenters. The second-order valence-electron chi connectivity index (χ2n) is 1.90. The van der Waals surface area contributed by atoms with E-state index in [4.69, 9.17) is 0 Å². The number of hydrogen-bond acceptors (Lipinski definition) is 3. The summed E-state index contributed by atoms with van der Waals surface area (Å²) in [5.74, 6) is 0.889. The van der Waals surface area contributed by atoms with Gasteiger partial charge in [0.2, 0.25) is 5.91 Å². The van der Waals surface area contributed by atoms with E-state index in [-0.39, 0.29) is 5.91 Å². The number of thiol groups is 1. The zero-order valence-corrected chi connectivity index (χ0v) is 7.08. The first-order chi connectivity index (χ1) is 4.81. The van der Waals surface area contributed by atoms with Gasteiger partial charge in [-0.25, -0.2) is 0 Å². The Morgan fingerprint density at radius 3 is 2.70 bits per heavy atom. The van der Waals surface area contributed by atoms with E-state index in [0.29, 0.717) is 6.42 Å². The van der Waals surface area contributed by atoms with Gasteiger partial charge in [0.1, 0.15) is 0 Å². The molecule has 0 aromatic carbocycles. The van der Waals surface area contributed by atoms with Crippen molar-refractivity contribution in [3.8, 4) is 0 Å². The van der Waals surface area contributed by atoms with E-state index in [1.165, 1.54) is 0 Å². The van der Waals surface area contributed by atoms with E-state index in [2.05, 4.69) is 23.3 Å². The first kappa shape index (κ1) is 9.78. The molecule has 0 radical (unpaired) electrons. The molecule has 0 aromatic heterocycles. The number of carbonyl (C=O) groups excluding carboxylic acids is 1. The van der Waals surface area contributed by atoms with Gasteiger partial charge < -0.3 is 10.6 Å². The lowest BCUT2D eigenvalue weighted by Gasteiger charge is -2.00. The predicted molar refractivity (Wildman–Crippen MR) is 45.4 cm³/mol. The fraction of sp³-hybridized carbons (Fsp3) is 0.833. The Bertz CT molecular complexity index is 97.7. The van der Waals surface area contributed by atoms with Crippen molar-refractivity contribution in [1.29, 1.82) is 0 Å². The van der Waals surface area contributed by atoms with Gasteiger partial charge in [-0.1, -0.05) is 0 Å². The normalized spacial score (nSPS) is 9.40. The van der Waals surface area contributed by atoms with Gasteiger partial charge in [0, 0.05) is 32.3 Å². The molecule has 4 heteroatoms. The molecular formula is C6H14N2OS. The molecule has 0 saturated heterocycles. The summed E-state index contributed by atoms with van der Waals surface area (Å²) in [5.41, 5.74) is 0. The molecule has 0 rings (SSSR count). The van der Waals surface area contributed by atoms with Crippen molar-refractivity contribution in [2.24, 2.45) is 0 Å². The Labute approximate surface area is 67.0 Å². The van der Waals surface area contributed by atoms with Crippen molar-refractivity contribution < 1.29 is 4.79 Å². The molecule has 0 aromatic rings. The minimum atomic E-state index is 0.0756. The summed E-state index contributed by atoms with van der Waals surface area (Å²) in [4.78, 5) is 10.6. The van der Waals surface area contributed by atoms with E-state index in [9.17, 15) is 4.79 Å². The SMILES string of the molecule is CNC(=O)CCNCCS. The summed E-state index contributed by atoms with van der Waals surface area (Å²) < 4.78 is 0. The van der Waals surface area contributed by atoms with Gasteiger partial charge in [-0.15, -0.1) is 0 Å². The molecule has 10 heavy (non-hydrogen) atoms. The molecular weight excluding hydrogens is 148 g/mol. The summed E-state index contributed by atoms with van der Waals surface area (Å²) in [6.07, 6.45) is 0.546. The van der Waals surface area contributed by atoms with Crippen molar-refractivity contribution in [2.75, 3.05) is 25.9 Å². The first-order valence-electron chi connectivity index (χ1n) is 3.33. The van der Waals surface area contributed by atoms with Crippen LogP contribution in [0.5, 0.6) is 0 Å². The van der Waals surface area contributed by atoms with E-state index < -0.39 is 0 Å². The maximum atomic E-state index is 10.6. The third-order valence-electron chi connectivity index (χ3n) is 1.10. The Balaban J connectivity index is 2.96. The van der Waals surface area contributed by atoms with Crippen molar-refractivity contribution in [3.05, 3.63) is 0 Å². The third-order valence-corrected chi connectivity index (χ3v) is 1.32. The average Bonchev–Trinajstić information content (AvgIpc) is 1.98. The lowest BCUT2D eigenvalue weighted by Crippen LogP contribution is -2.25. The van der Waals surface area contributed by atoms with Gasteiger partial charge in [0.05, 0.1) is 0 Å². The fourth-order valence-electron chi connectivity index (χ4n) is 0.531. The van der Waals surface area contributed by atoms with E-state index >= 15 is 0 Å². The van der Waals surface area contributed by atoms with Crippen LogP contribution in [0, 0.1) is 0 Å². The Hall–Kier alpha value is -0.220. The predicted octanol–water partition coefficient (Wildman–Crippen LogP) is -0.358. The standard InChI is InChI=1S/C6H14N2OS/c1-7-6(9)2-3-8-4-5-10/h8,10H,2-5H2,1H3,(H,7,9). The molecule has 0 bridgehead atoms. The molecule has 0 saturated carbocycles. The zero-order chi connectivity index (χ0) is 7.82. The van der Waals surface area contributed by atoms with E-state index in [1.54, 1.807) is 7.05 Å². The molecule has 0 aliphatic rings. The second-order valence-corrected chi connectivity index (χ2v) is 2.34. The Morgan fingerprint density at radius 1 is 1.50 bits per heavy atom. The summed E-state index contributed by atoms with van der Waals surface area (Å²) >= 11 is 4.01. The van der Waals surface area contributed by atoms with Crippen LogP contribution in [0.2, 0.25) is 0 Å². The molecule has 2 N–H and O–H groups in total. The summed E-state index contributed by atoms with van der Waals surface area (Å²) in [6.45, 7) is 1.60. The van der Waals surface area contributed by atoms with Crippen LogP contribution >= 0.6 is 12.6 Å². The topological polar surface area (TPSA) is 41.1 Å². The molecule has 3 nitrogen and oxygen atoms in total. The van der Waals surface area contributed by atoms with Crippen LogP contribution in [0.4, 0.5) is 0 Å². The minimum absolute atomic E-state index is 0.0756. The largest absolute Gasteiger partial charge is 0.359 e. The van der Waals surface area contributed by atoms with E-state index in [1.807, 2.05) is 0 Å². The monoisotopic (exact) mass is 162 g/mol. The quantitative estimate of drug-likeness (QED) is 0.382. The van der Waals surface area contributed by atoms with Gasteiger partial charge in [-0.2, -0.15) is 12.6 Å². The molecule has 0 atom stereocenters. The van der Waals surface area contributed by atoms with Crippen LogP contribution in [-0.2, 0) is 4.79 Å². The first-order valence-corrected chi connectivity index (χ1v) is 3.96.